The summed E-state index contributed by atoms with van der Waals surface area (Å²) in [7, 11) is -3.25. The van der Waals surface area contributed by atoms with Gasteiger partial charge in [0, 0.05) is 0 Å². The van der Waals surface area contributed by atoms with Crippen LogP contribution in [0.15, 0.2) is 17.0 Å². The smallest absolute Gasteiger partial charge is 0.374 e. The zero-order chi connectivity index (χ0) is 13.5. The van der Waals surface area contributed by atoms with Gasteiger partial charge in [-0.2, -0.15) is 8.42 Å². The van der Waals surface area contributed by atoms with E-state index in [0.717, 1.165) is 6.07 Å². The van der Waals surface area contributed by atoms with E-state index in [-0.39, 0.29) is 17.0 Å². The highest BCUT2D eigenvalue weighted by Gasteiger charge is 2.19. The molecule has 0 atom stereocenters. The first-order chi connectivity index (χ1) is 8.34. The van der Waals surface area contributed by atoms with Gasteiger partial charge in [0.2, 0.25) is 5.82 Å². The fourth-order valence-electron chi connectivity index (χ4n) is 1.50. The van der Waals surface area contributed by atoms with Gasteiger partial charge in [0.1, 0.15) is 10.4 Å². The zero-order valence-corrected chi connectivity index (χ0v) is 9.98. The molecule has 1 aromatic carbocycles. The molecule has 2 rings (SSSR count). The molecule has 2 aromatic rings. The Kier molecular flexibility index (Phi) is 2.71. The quantitative estimate of drug-likeness (QED) is 0.402. The van der Waals surface area contributed by atoms with Gasteiger partial charge in [0.15, 0.2) is 0 Å². The number of aromatic nitrogens is 2. The van der Waals surface area contributed by atoms with Crippen molar-refractivity contribution in [2.24, 2.45) is 0 Å². The Balaban J connectivity index is 2.72. The number of fused-ring (bicyclic) bond motifs is 1. The number of methoxy groups -OCH3 is 1. The van der Waals surface area contributed by atoms with Crippen LogP contribution in [0.5, 0.6) is 0 Å². The summed E-state index contributed by atoms with van der Waals surface area (Å²) >= 11 is 0. The lowest BCUT2D eigenvalue weighted by atomic mass is 10.3. The van der Waals surface area contributed by atoms with Gasteiger partial charge in [-0.15, -0.1) is 0 Å². The molecule has 0 bridgehead atoms. The number of benzene rings is 1. The molecular weight excluding hydrogens is 262 g/mol. The van der Waals surface area contributed by atoms with Crippen molar-refractivity contribution in [2.75, 3.05) is 12.8 Å². The van der Waals surface area contributed by atoms with Crippen LogP contribution < -0.4 is 5.73 Å². The second kappa shape index (κ2) is 3.96. The number of hydrogen-bond acceptors (Lipinski definition) is 6. The van der Waals surface area contributed by atoms with Crippen molar-refractivity contribution >= 4 is 32.8 Å². The molecule has 9 heteroatoms. The normalized spacial score (nSPS) is 11.7. The number of nitrogen functional groups attached to an aromatic ring is 1. The molecule has 18 heavy (non-hydrogen) atoms. The molecule has 0 saturated heterocycles. The lowest BCUT2D eigenvalue weighted by molar-refractivity contribution is 0.0588. The van der Waals surface area contributed by atoms with E-state index in [1.54, 1.807) is 0 Å². The summed E-state index contributed by atoms with van der Waals surface area (Å²) in [5, 5.41) is 0. The number of H-pyrrole nitrogens is 1. The van der Waals surface area contributed by atoms with Crippen LogP contribution in [0, 0.1) is 0 Å². The van der Waals surface area contributed by atoms with Crippen LogP contribution >= 0.6 is 0 Å². The number of imidazole rings is 1. The third-order valence-electron chi connectivity index (χ3n) is 2.31. The van der Waals surface area contributed by atoms with Gasteiger partial charge in [-0.05, 0) is 12.1 Å². The molecule has 1 aromatic heterocycles. The fraction of sp³-hybridized carbons (Fsp3) is 0.111. The van der Waals surface area contributed by atoms with Crippen LogP contribution in [0.1, 0.15) is 10.6 Å². The number of nitrogens with two attached hydrogens (primary N) is 1. The van der Waals surface area contributed by atoms with Gasteiger partial charge in [-0.1, -0.05) is 0 Å². The number of esters is 1. The summed E-state index contributed by atoms with van der Waals surface area (Å²) < 4.78 is 35.5. The predicted molar refractivity (Wildman–Crippen MR) is 61.7 cm³/mol. The first-order valence-corrected chi connectivity index (χ1v) is 6.12. The third kappa shape index (κ3) is 1.89. The van der Waals surface area contributed by atoms with E-state index in [1.165, 1.54) is 13.2 Å². The molecule has 8 nitrogen and oxygen atoms in total. The van der Waals surface area contributed by atoms with E-state index in [9.17, 15) is 13.2 Å². The lowest BCUT2D eigenvalue weighted by Gasteiger charge is -2.01. The summed E-state index contributed by atoms with van der Waals surface area (Å²) in [6.45, 7) is 0. The molecule has 0 fully saturated rings. The molecule has 0 radical (unpaired) electrons. The molecule has 0 unspecified atom stereocenters. The van der Waals surface area contributed by atoms with Crippen molar-refractivity contribution in [3.63, 3.8) is 0 Å². The Labute approximate surface area is 102 Å². The van der Waals surface area contributed by atoms with Gasteiger partial charge in [0.25, 0.3) is 10.1 Å². The number of ether oxygens (including phenoxy) is 1. The van der Waals surface area contributed by atoms with Crippen molar-refractivity contribution < 1.29 is 22.5 Å². The average molecular weight is 271 g/mol. The first kappa shape index (κ1) is 12.3. The van der Waals surface area contributed by atoms with E-state index >= 15 is 0 Å². The SMILES string of the molecule is COC(=O)c1nc2c(N)c(S(=O)(=O)O)ccc2[nH]1. The number of carbonyl (C=O) groups is 1. The summed E-state index contributed by atoms with van der Waals surface area (Å²) in [6.07, 6.45) is 0. The Bertz CT molecular complexity index is 734. The number of anilines is 1. The third-order valence-corrected chi connectivity index (χ3v) is 3.22. The number of aromatic amines is 1. The number of nitrogens with one attached hydrogen (secondary N) is 1. The van der Waals surface area contributed by atoms with E-state index in [0.29, 0.717) is 5.52 Å². The molecule has 0 spiro atoms. The number of carbonyl (C=O) groups excluding carboxylic acids is 1. The Morgan fingerprint density at radius 1 is 1.50 bits per heavy atom. The molecule has 96 valence electrons. The molecule has 0 aliphatic carbocycles. The monoisotopic (exact) mass is 271 g/mol. The average Bonchev–Trinajstić information content (AvgIpc) is 2.71. The molecule has 0 saturated carbocycles. The summed E-state index contributed by atoms with van der Waals surface area (Å²) in [6, 6.07) is 2.46. The van der Waals surface area contributed by atoms with E-state index < -0.39 is 21.0 Å². The largest absolute Gasteiger partial charge is 0.463 e. The fourth-order valence-corrected chi connectivity index (χ4v) is 2.11. The number of rotatable bonds is 2. The maximum Gasteiger partial charge on any atom is 0.374 e. The Hall–Kier alpha value is -2.13. The highest BCUT2D eigenvalue weighted by Crippen LogP contribution is 2.26. The van der Waals surface area contributed by atoms with Crippen LogP contribution in [0.2, 0.25) is 0 Å². The van der Waals surface area contributed by atoms with Crippen LogP contribution in [0.3, 0.4) is 0 Å². The number of nitrogens with zero attached hydrogens (tertiary/aromatic N) is 1. The van der Waals surface area contributed by atoms with Gasteiger partial charge in [0.05, 0.1) is 18.3 Å². The van der Waals surface area contributed by atoms with Crippen molar-refractivity contribution in [2.45, 2.75) is 4.90 Å². The highest BCUT2D eigenvalue weighted by molar-refractivity contribution is 7.86. The number of hydrogen-bond donors (Lipinski definition) is 3. The first-order valence-electron chi connectivity index (χ1n) is 4.68. The molecule has 1 heterocycles. The van der Waals surface area contributed by atoms with Crippen LogP contribution in [0.4, 0.5) is 5.69 Å². The molecular formula is C9H9N3O5S. The maximum absolute atomic E-state index is 11.3. The van der Waals surface area contributed by atoms with Gasteiger partial charge in [-0.3, -0.25) is 4.55 Å². The van der Waals surface area contributed by atoms with Gasteiger partial charge in [-0.25, -0.2) is 9.78 Å². The lowest BCUT2D eigenvalue weighted by Crippen LogP contribution is -2.04. The van der Waals surface area contributed by atoms with Crippen molar-refractivity contribution in [3.8, 4) is 0 Å². The maximum atomic E-state index is 11.3. The summed E-state index contributed by atoms with van der Waals surface area (Å²) in [5.74, 6) is -0.814. The van der Waals surface area contributed by atoms with Crippen LogP contribution in [0.25, 0.3) is 11.0 Å². The minimum absolute atomic E-state index is 0.0746. The molecule has 0 aliphatic rings. The Morgan fingerprint density at radius 2 is 2.17 bits per heavy atom. The van der Waals surface area contributed by atoms with Crippen LogP contribution in [-0.4, -0.2) is 36.0 Å². The second-order valence-corrected chi connectivity index (χ2v) is 4.82. The molecule has 0 amide bonds. The van der Waals surface area contributed by atoms with Crippen molar-refractivity contribution in [1.82, 2.24) is 9.97 Å². The minimum atomic E-state index is -4.44. The topological polar surface area (TPSA) is 135 Å². The van der Waals surface area contributed by atoms with Gasteiger partial charge < -0.3 is 15.5 Å². The van der Waals surface area contributed by atoms with E-state index in [2.05, 4.69) is 14.7 Å². The molecule has 4 N–H and O–H groups in total. The Morgan fingerprint density at radius 3 is 2.72 bits per heavy atom. The second-order valence-electron chi connectivity index (χ2n) is 3.43. The summed E-state index contributed by atoms with van der Waals surface area (Å²) in [4.78, 5) is 17.2. The zero-order valence-electron chi connectivity index (χ0n) is 9.17. The minimum Gasteiger partial charge on any atom is -0.463 e. The molecule has 0 aliphatic heterocycles. The van der Waals surface area contributed by atoms with Crippen LogP contribution in [-0.2, 0) is 14.9 Å². The highest BCUT2D eigenvalue weighted by atomic mass is 32.2. The standard InChI is InChI=1S/C9H9N3O5S/c1-17-9(13)8-11-4-2-3-5(18(14,15)16)6(10)7(4)12-8/h2-3H,10H2,1H3,(H,11,12)(H,14,15,16). The van der Waals surface area contributed by atoms with Gasteiger partial charge >= 0.3 is 5.97 Å². The predicted octanol–water partition coefficient (Wildman–Crippen LogP) is 0.178. The van der Waals surface area contributed by atoms with Crippen molar-refractivity contribution in [1.29, 1.82) is 0 Å². The van der Waals surface area contributed by atoms with Crippen molar-refractivity contribution in [3.05, 3.63) is 18.0 Å². The summed E-state index contributed by atoms with van der Waals surface area (Å²) in [5.41, 5.74) is 5.79. The van der Waals surface area contributed by atoms with E-state index in [1.807, 2.05) is 0 Å². The van der Waals surface area contributed by atoms with E-state index in [4.69, 9.17) is 10.3 Å².